The standard InChI is InChI=1S/C23H24BrN3O4S/c1-15-5-9-18(10-6-15)32(30,31)27-12-11-25-23(29)21(27)14-22(28)26-17-8-7-16-3-2-4-20(24)19(16)13-17/h2-6,9-12,17,21H,7-8,13-14H2,1H3,(H,25,29)(H,26,28). The van der Waals surface area contributed by atoms with E-state index in [-0.39, 0.29) is 23.3 Å². The van der Waals surface area contributed by atoms with Crippen LogP contribution in [-0.2, 0) is 32.5 Å². The molecule has 0 bridgehead atoms. The lowest BCUT2D eigenvalue weighted by atomic mass is 9.88. The molecular weight excluding hydrogens is 494 g/mol. The molecule has 0 radical (unpaired) electrons. The molecule has 168 valence electrons. The highest BCUT2D eigenvalue weighted by Crippen LogP contribution is 2.28. The topological polar surface area (TPSA) is 95.6 Å². The maximum atomic E-state index is 13.2. The number of sulfonamides is 1. The van der Waals surface area contributed by atoms with Crippen LogP contribution in [0.5, 0.6) is 0 Å². The molecule has 7 nitrogen and oxygen atoms in total. The van der Waals surface area contributed by atoms with Gasteiger partial charge in [-0.2, -0.15) is 0 Å². The third-order valence-electron chi connectivity index (χ3n) is 5.83. The lowest BCUT2D eigenvalue weighted by Gasteiger charge is -2.32. The van der Waals surface area contributed by atoms with Crippen molar-refractivity contribution in [3.8, 4) is 0 Å². The van der Waals surface area contributed by atoms with Crippen LogP contribution in [0.3, 0.4) is 0 Å². The first-order valence-corrected chi connectivity index (χ1v) is 12.6. The Hall–Kier alpha value is -2.65. The number of carbonyl (C=O) groups excluding carboxylic acids is 2. The number of benzene rings is 2. The van der Waals surface area contributed by atoms with Crippen LogP contribution in [0.4, 0.5) is 0 Å². The zero-order chi connectivity index (χ0) is 22.9. The minimum atomic E-state index is -3.99. The summed E-state index contributed by atoms with van der Waals surface area (Å²) in [5.41, 5.74) is 3.36. The number of rotatable bonds is 5. The Morgan fingerprint density at radius 3 is 2.72 bits per heavy atom. The Kier molecular flexibility index (Phi) is 6.39. The van der Waals surface area contributed by atoms with E-state index in [1.807, 2.05) is 19.1 Å². The number of fused-ring (bicyclic) bond motifs is 1. The molecule has 2 N–H and O–H groups in total. The van der Waals surface area contributed by atoms with Gasteiger partial charge in [0.05, 0.1) is 11.3 Å². The van der Waals surface area contributed by atoms with Crippen LogP contribution in [0, 0.1) is 6.92 Å². The number of aryl methyl sites for hydroxylation is 2. The first-order chi connectivity index (χ1) is 15.3. The summed E-state index contributed by atoms with van der Waals surface area (Å²) in [7, 11) is -3.99. The SMILES string of the molecule is Cc1ccc(S(=O)(=O)N2C=CNC(=O)C2CC(=O)NC2CCc3cccc(Br)c3C2)cc1. The largest absolute Gasteiger partial charge is 0.353 e. The normalized spacial score (nSPS) is 20.4. The third kappa shape index (κ3) is 4.59. The van der Waals surface area contributed by atoms with E-state index in [0.29, 0.717) is 6.42 Å². The quantitative estimate of drug-likeness (QED) is 0.637. The number of nitrogens with one attached hydrogen (secondary N) is 2. The summed E-state index contributed by atoms with van der Waals surface area (Å²) in [6.45, 7) is 1.86. The predicted octanol–water partition coefficient (Wildman–Crippen LogP) is 2.78. The van der Waals surface area contributed by atoms with Gasteiger partial charge in [0.2, 0.25) is 11.8 Å². The van der Waals surface area contributed by atoms with Gasteiger partial charge in [-0.05, 0) is 55.5 Å². The highest BCUT2D eigenvalue weighted by Gasteiger charge is 2.37. The summed E-state index contributed by atoms with van der Waals surface area (Å²) in [4.78, 5) is 25.4. The highest BCUT2D eigenvalue weighted by molar-refractivity contribution is 9.10. The number of hydrogen-bond donors (Lipinski definition) is 2. The Morgan fingerprint density at radius 1 is 1.22 bits per heavy atom. The Balaban J connectivity index is 1.48. The molecular formula is C23H24BrN3O4S. The molecule has 1 aliphatic heterocycles. The van der Waals surface area contributed by atoms with Crippen LogP contribution in [0.1, 0.15) is 29.5 Å². The van der Waals surface area contributed by atoms with Gasteiger partial charge < -0.3 is 10.6 Å². The smallest absolute Gasteiger partial charge is 0.264 e. The van der Waals surface area contributed by atoms with Gasteiger partial charge in [-0.25, -0.2) is 8.42 Å². The molecule has 9 heteroatoms. The van der Waals surface area contributed by atoms with E-state index in [2.05, 4.69) is 32.6 Å². The van der Waals surface area contributed by atoms with Gasteiger partial charge in [0.15, 0.2) is 0 Å². The Bertz CT molecular complexity index is 1180. The summed E-state index contributed by atoms with van der Waals surface area (Å²) in [6.07, 6.45) is 4.63. The van der Waals surface area contributed by atoms with Gasteiger partial charge in [-0.1, -0.05) is 45.8 Å². The van der Waals surface area contributed by atoms with E-state index in [4.69, 9.17) is 0 Å². The Labute approximate surface area is 196 Å². The summed E-state index contributed by atoms with van der Waals surface area (Å²) in [5, 5.41) is 5.50. The van der Waals surface area contributed by atoms with Crippen molar-refractivity contribution in [3.05, 3.63) is 76.0 Å². The molecule has 2 aromatic carbocycles. The van der Waals surface area contributed by atoms with Gasteiger partial charge in [-0.3, -0.25) is 13.9 Å². The van der Waals surface area contributed by atoms with Crippen LogP contribution < -0.4 is 10.6 Å². The molecule has 1 aliphatic carbocycles. The Morgan fingerprint density at radius 2 is 1.97 bits per heavy atom. The average molecular weight is 518 g/mol. The van der Waals surface area contributed by atoms with Crippen LogP contribution in [0.15, 0.2) is 64.2 Å². The van der Waals surface area contributed by atoms with Gasteiger partial charge in [0, 0.05) is 22.9 Å². The van der Waals surface area contributed by atoms with Gasteiger partial charge in [-0.15, -0.1) is 0 Å². The van der Waals surface area contributed by atoms with Crippen molar-refractivity contribution in [1.82, 2.24) is 14.9 Å². The first-order valence-electron chi connectivity index (χ1n) is 10.4. The monoisotopic (exact) mass is 517 g/mol. The van der Waals surface area contributed by atoms with Crippen molar-refractivity contribution in [2.24, 2.45) is 0 Å². The second kappa shape index (κ2) is 9.07. The molecule has 2 amide bonds. The lowest BCUT2D eigenvalue weighted by Crippen LogP contribution is -2.52. The fourth-order valence-corrected chi connectivity index (χ4v) is 6.12. The molecule has 2 aromatic rings. The third-order valence-corrected chi connectivity index (χ3v) is 8.37. The van der Waals surface area contributed by atoms with E-state index >= 15 is 0 Å². The molecule has 32 heavy (non-hydrogen) atoms. The minimum Gasteiger partial charge on any atom is -0.353 e. The van der Waals surface area contributed by atoms with E-state index < -0.39 is 22.0 Å². The molecule has 1 heterocycles. The molecule has 4 rings (SSSR count). The zero-order valence-electron chi connectivity index (χ0n) is 17.5. The van der Waals surface area contributed by atoms with E-state index in [0.717, 1.165) is 27.2 Å². The van der Waals surface area contributed by atoms with Crippen molar-refractivity contribution in [1.29, 1.82) is 0 Å². The maximum absolute atomic E-state index is 13.2. The van der Waals surface area contributed by atoms with Crippen molar-refractivity contribution in [2.75, 3.05) is 0 Å². The number of amides is 2. The molecule has 0 aromatic heterocycles. The van der Waals surface area contributed by atoms with Crippen molar-refractivity contribution in [3.63, 3.8) is 0 Å². The molecule has 2 aliphatic rings. The van der Waals surface area contributed by atoms with E-state index in [9.17, 15) is 18.0 Å². The van der Waals surface area contributed by atoms with Crippen molar-refractivity contribution in [2.45, 2.75) is 49.6 Å². The second-order valence-electron chi connectivity index (χ2n) is 8.08. The van der Waals surface area contributed by atoms with Crippen molar-refractivity contribution < 1.29 is 18.0 Å². The predicted molar refractivity (Wildman–Crippen MR) is 124 cm³/mol. The fourth-order valence-electron chi connectivity index (χ4n) is 4.10. The highest BCUT2D eigenvalue weighted by atomic mass is 79.9. The number of halogens is 1. The number of nitrogens with zero attached hydrogens (tertiary/aromatic N) is 1. The van der Waals surface area contributed by atoms with Gasteiger partial charge >= 0.3 is 0 Å². The molecule has 2 unspecified atom stereocenters. The minimum absolute atomic E-state index is 0.0709. The summed E-state index contributed by atoms with van der Waals surface area (Å²) >= 11 is 3.57. The molecule has 0 fully saturated rings. The molecule has 0 saturated carbocycles. The van der Waals surface area contributed by atoms with Crippen LogP contribution in [-0.4, -0.2) is 36.6 Å². The van der Waals surface area contributed by atoms with Crippen LogP contribution in [0.2, 0.25) is 0 Å². The van der Waals surface area contributed by atoms with Crippen LogP contribution in [0.25, 0.3) is 0 Å². The molecule has 0 spiro atoms. The second-order valence-corrected chi connectivity index (χ2v) is 10.8. The van der Waals surface area contributed by atoms with E-state index in [1.165, 1.54) is 35.7 Å². The molecule has 0 saturated heterocycles. The number of carbonyl (C=O) groups is 2. The molecule has 2 atom stereocenters. The lowest BCUT2D eigenvalue weighted by molar-refractivity contribution is -0.129. The summed E-state index contributed by atoms with van der Waals surface area (Å²) < 4.78 is 28.3. The number of hydrogen-bond acceptors (Lipinski definition) is 4. The average Bonchev–Trinajstić information content (AvgIpc) is 2.76. The maximum Gasteiger partial charge on any atom is 0.264 e. The fraction of sp³-hybridized carbons (Fsp3) is 0.304. The van der Waals surface area contributed by atoms with Gasteiger partial charge in [0.25, 0.3) is 10.0 Å². The summed E-state index contributed by atoms with van der Waals surface area (Å²) in [6, 6.07) is 11.2. The van der Waals surface area contributed by atoms with Crippen LogP contribution >= 0.6 is 15.9 Å². The summed E-state index contributed by atoms with van der Waals surface area (Å²) in [5.74, 6) is -0.889. The van der Waals surface area contributed by atoms with E-state index in [1.54, 1.807) is 12.1 Å². The zero-order valence-corrected chi connectivity index (χ0v) is 19.9. The first kappa shape index (κ1) is 22.5. The van der Waals surface area contributed by atoms with Crippen molar-refractivity contribution >= 4 is 37.8 Å². The van der Waals surface area contributed by atoms with Gasteiger partial charge in [0.1, 0.15) is 6.04 Å².